The van der Waals surface area contributed by atoms with Gasteiger partial charge in [-0.25, -0.2) is 0 Å². The molecule has 1 heterocycles. The molecular weight excluding hydrogens is 188 g/mol. The third-order valence-electron chi connectivity index (χ3n) is 1.85. The zero-order valence-electron chi connectivity index (χ0n) is 7.64. The SMILES string of the molecule is Cc1c([N+](=O)[O-])ncn1CCC(N)=O. The van der Waals surface area contributed by atoms with Crippen molar-refractivity contribution in [1.82, 2.24) is 9.55 Å². The highest BCUT2D eigenvalue weighted by molar-refractivity contribution is 5.73. The van der Waals surface area contributed by atoms with Crippen molar-refractivity contribution in [3.05, 3.63) is 22.1 Å². The fraction of sp³-hybridized carbons (Fsp3) is 0.429. The van der Waals surface area contributed by atoms with Gasteiger partial charge in [-0.1, -0.05) is 0 Å². The number of rotatable bonds is 4. The Hall–Kier alpha value is -1.92. The minimum atomic E-state index is -0.559. The standard InChI is InChI=1S/C7H10N4O3/c1-5-7(11(13)14)9-4-10(5)3-2-6(8)12/h4H,2-3H2,1H3,(H2,8,12). The Kier molecular flexibility index (Phi) is 2.80. The second kappa shape index (κ2) is 3.86. The molecule has 0 saturated heterocycles. The molecule has 2 N–H and O–H groups in total. The third kappa shape index (κ3) is 2.06. The summed E-state index contributed by atoms with van der Waals surface area (Å²) in [7, 11) is 0. The molecule has 1 rings (SSSR count). The molecule has 1 aromatic heterocycles. The van der Waals surface area contributed by atoms with E-state index >= 15 is 0 Å². The van der Waals surface area contributed by atoms with Crippen molar-refractivity contribution in [1.29, 1.82) is 0 Å². The number of hydrogen-bond donors (Lipinski definition) is 1. The Bertz CT molecular complexity index is 371. The van der Waals surface area contributed by atoms with E-state index in [2.05, 4.69) is 4.98 Å². The third-order valence-corrected chi connectivity index (χ3v) is 1.85. The van der Waals surface area contributed by atoms with Crippen LogP contribution in [0.5, 0.6) is 0 Å². The Morgan fingerprint density at radius 2 is 2.43 bits per heavy atom. The van der Waals surface area contributed by atoms with Gasteiger partial charge in [0, 0.05) is 13.0 Å². The van der Waals surface area contributed by atoms with Crippen molar-refractivity contribution in [2.75, 3.05) is 0 Å². The summed E-state index contributed by atoms with van der Waals surface area (Å²) in [5, 5.41) is 10.4. The lowest BCUT2D eigenvalue weighted by molar-refractivity contribution is -0.389. The van der Waals surface area contributed by atoms with Crippen LogP contribution in [0.25, 0.3) is 0 Å². The van der Waals surface area contributed by atoms with E-state index in [1.807, 2.05) is 0 Å². The normalized spacial score (nSPS) is 10.1. The van der Waals surface area contributed by atoms with Gasteiger partial charge in [-0.3, -0.25) is 4.79 Å². The molecule has 1 amide bonds. The molecule has 0 unspecified atom stereocenters. The summed E-state index contributed by atoms with van der Waals surface area (Å²) in [4.78, 5) is 23.9. The number of aryl methyl sites for hydroxylation is 1. The van der Waals surface area contributed by atoms with E-state index in [1.165, 1.54) is 10.9 Å². The number of nitrogens with zero attached hydrogens (tertiary/aromatic N) is 3. The van der Waals surface area contributed by atoms with Gasteiger partial charge in [0.15, 0.2) is 0 Å². The van der Waals surface area contributed by atoms with E-state index in [0.717, 1.165) is 0 Å². The minimum Gasteiger partial charge on any atom is -0.370 e. The number of hydrogen-bond acceptors (Lipinski definition) is 4. The van der Waals surface area contributed by atoms with Crippen LogP contribution in [0, 0.1) is 17.0 Å². The van der Waals surface area contributed by atoms with Crippen molar-refractivity contribution in [3.63, 3.8) is 0 Å². The summed E-state index contributed by atoms with van der Waals surface area (Å²) in [6.07, 6.45) is 1.48. The van der Waals surface area contributed by atoms with Gasteiger partial charge in [-0.2, -0.15) is 0 Å². The summed E-state index contributed by atoms with van der Waals surface area (Å²) < 4.78 is 1.53. The van der Waals surface area contributed by atoms with Gasteiger partial charge in [0.1, 0.15) is 5.69 Å². The molecule has 1 aromatic rings. The summed E-state index contributed by atoms with van der Waals surface area (Å²) in [6.45, 7) is 1.90. The number of carbonyl (C=O) groups excluding carboxylic acids is 1. The second-order valence-electron chi connectivity index (χ2n) is 2.82. The molecule has 14 heavy (non-hydrogen) atoms. The summed E-state index contributed by atoms with van der Waals surface area (Å²) in [6, 6.07) is 0. The fourth-order valence-electron chi connectivity index (χ4n) is 1.07. The van der Waals surface area contributed by atoms with E-state index in [4.69, 9.17) is 5.73 Å². The van der Waals surface area contributed by atoms with Gasteiger partial charge in [-0.15, -0.1) is 0 Å². The van der Waals surface area contributed by atoms with E-state index in [0.29, 0.717) is 12.2 Å². The van der Waals surface area contributed by atoms with Crippen LogP contribution in [-0.4, -0.2) is 20.4 Å². The summed E-state index contributed by atoms with van der Waals surface area (Å²) >= 11 is 0. The number of nitrogens with two attached hydrogens (primary N) is 1. The first-order valence-corrected chi connectivity index (χ1v) is 3.96. The number of amides is 1. The average Bonchev–Trinajstić information content (AvgIpc) is 2.43. The van der Waals surface area contributed by atoms with Crippen molar-refractivity contribution < 1.29 is 9.72 Å². The maximum atomic E-state index is 10.5. The average molecular weight is 198 g/mol. The van der Waals surface area contributed by atoms with Crippen LogP contribution < -0.4 is 5.73 Å². The molecule has 0 radical (unpaired) electrons. The van der Waals surface area contributed by atoms with Crippen LogP contribution in [0.1, 0.15) is 12.1 Å². The number of carbonyl (C=O) groups is 1. The van der Waals surface area contributed by atoms with Gasteiger partial charge in [0.05, 0.1) is 0 Å². The van der Waals surface area contributed by atoms with Crippen LogP contribution in [0.3, 0.4) is 0 Å². The number of imidazole rings is 1. The van der Waals surface area contributed by atoms with Gasteiger partial charge in [0.25, 0.3) is 0 Å². The largest absolute Gasteiger partial charge is 0.384 e. The first-order valence-electron chi connectivity index (χ1n) is 3.96. The van der Waals surface area contributed by atoms with Gasteiger partial charge in [0.2, 0.25) is 12.2 Å². The lowest BCUT2D eigenvalue weighted by Gasteiger charge is -1.99. The van der Waals surface area contributed by atoms with E-state index in [-0.39, 0.29) is 12.2 Å². The van der Waals surface area contributed by atoms with Crippen molar-refractivity contribution in [2.45, 2.75) is 19.9 Å². The molecule has 76 valence electrons. The number of nitro groups is 1. The molecule has 0 bridgehead atoms. The van der Waals surface area contributed by atoms with Crippen molar-refractivity contribution in [2.24, 2.45) is 5.73 Å². The van der Waals surface area contributed by atoms with Crippen LogP contribution >= 0.6 is 0 Å². The fourth-order valence-corrected chi connectivity index (χ4v) is 1.07. The predicted octanol–water partition coefficient (Wildman–Crippen LogP) is -0.0249. The Balaban J connectivity index is 2.79. The molecule has 0 fully saturated rings. The molecule has 0 aromatic carbocycles. The van der Waals surface area contributed by atoms with Gasteiger partial charge >= 0.3 is 5.82 Å². The zero-order chi connectivity index (χ0) is 10.7. The second-order valence-corrected chi connectivity index (χ2v) is 2.82. The van der Waals surface area contributed by atoms with Crippen LogP contribution in [0.2, 0.25) is 0 Å². The maximum Gasteiger partial charge on any atom is 0.384 e. The molecule has 7 heteroatoms. The molecule has 0 atom stereocenters. The first kappa shape index (κ1) is 10.2. The highest BCUT2D eigenvalue weighted by Crippen LogP contribution is 2.14. The molecule has 0 spiro atoms. The Morgan fingerprint density at radius 3 is 2.86 bits per heavy atom. The quantitative estimate of drug-likeness (QED) is 0.542. The van der Waals surface area contributed by atoms with Crippen LogP contribution in [-0.2, 0) is 11.3 Å². The Labute approximate surface area is 79.7 Å². The van der Waals surface area contributed by atoms with E-state index in [1.54, 1.807) is 6.92 Å². The highest BCUT2D eigenvalue weighted by Gasteiger charge is 2.16. The Morgan fingerprint density at radius 1 is 1.79 bits per heavy atom. The lowest BCUT2D eigenvalue weighted by atomic mass is 10.4. The summed E-state index contributed by atoms with van der Waals surface area (Å²) in [5.74, 6) is -0.629. The molecule has 0 saturated carbocycles. The molecule has 0 aliphatic carbocycles. The topological polar surface area (TPSA) is 104 Å². The maximum absolute atomic E-state index is 10.5. The number of primary amides is 1. The van der Waals surface area contributed by atoms with Crippen LogP contribution in [0.4, 0.5) is 5.82 Å². The van der Waals surface area contributed by atoms with Gasteiger partial charge in [-0.05, 0) is 16.8 Å². The summed E-state index contributed by atoms with van der Waals surface area (Å²) in [5.41, 5.74) is 5.38. The van der Waals surface area contributed by atoms with Crippen molar-refractivity contribution in [3.8, 4) is 0 Å². The van der Waals surface area contributed by atoms with Crippen LogP contribution in [0.15, 0.2) is 6.33 Å². The van der Waals surface area contributed by atoms with Gasteiger partial charge < -0.3 is 20.4 Å². The monoisotopic (exact) mass is 198 g/mol. The highest BCUT2D eigenvalue weighted by atomic mass is 16.6. The van der Waals surface area contributed by atoms with Crippen molar-refractivity contribution >= 4 is 11.7 Å². The number of aromatic nitrogens is 2. The molecule has 0 aliphatic rings. The molecular formula is C7H10N4O3. The first-order chi connectivity index (χ1) is 6.52. The molecule has 7 nitrogen and oxygen atoms in total. The smallest absolute Gasteiger partial charge is 0.370 e. The lowest BCUT2D eigenvalue weighted by Crippen LogP contribution is -2.14. The molecule has 0 aliphatic heterocycles. The minimum absolute atomic E-state index is 0.147. The van der Waals surface area contributed by atoms with E-state index in [9.17, 15) is 14.9 Å². The predicted molar refractivity (Wildman–Crippen MR) is 47.4 cm³/mol. The zero-order valence-corrected chi connectivity index (χ0v) is 7.64. The van der Waals surface area contributed by atoms with E-state index < -0.39 is 10.8 Å².